The van der Waals surface area contributed by atoms with Gasteiger partial charge in [-0.15, -0.1) is 0 Å². The third-order valence-corrected chi connectivity index (χ3v) is 8.29. The topological polar surface area (TPSA) is 86.8 Å². The lowest BCUT2D eigenvalue weighted by Crippen LogP contribution is -2.51. The van der Waals surface area contributed by atoms with Gasteiger partial charge in [-0.1, -0.05) is 71.2 Å². The Hall–Kier alpha value is -2.78. The summed E-state index contributed by atoms with van der Waals surface area (Å²) in [4.78, 5) is 27.8. The van der Waals surface area contributed by atoms with Gasteiger partial charge in [0, 0.05) is 23.1 Å². The van der Waals surface area contributed by atoms with Crippen LogP contribution in [-0.2, 0) is 26.2 Å². The normalized spacial score (nSPS) is 12.0. The second kappa shape index (κ2) is 12.6. The summed E-state index contributed by atoms with van der Waals surface area (Å²) in [5, 5.41) is 3.48. The highest BCUT2D eigenvalue weighted by Gasteiger charge is 2.33. The zero-order chi connectivity index (χ0) is 27.2. The maximum Gasteiger partial charge on any atom is 0.264 e. The molecule has 0 aliphatic carbocycles. The number of likely N-dealkylation sites (N-methyl/N-ethyl adjacent to an activating group) is 1. The molecule has 0 saturated heterocycles. The molecular weight excluding hydrogens is 557 g/mol. The fourth-order valence-electron chi connectivity index (χ4n) is 3.63. The highest BCUT2D eigenvalue weighted by Crippen LogP contribution is 2.33. The molecule has 3 aromatic carbocycles. The molecule has 0 unspecified atom stereocenters. The van der Waals surface area contributed by atoms with E-state index in [2.05, 4.69) is 5.32 Å². The lowest BCUT2D eigenvalue weighted by atomic mass is 10.1. The molecule has 3 aromatic rings. The summed E-state index contributed by atoms with van der Waals surface area (Å²) in [6.07, 6.45) is 0. The minimum absolute atomic E-state index is 0.00954. The quantitative estimate of drug-likeness (QED) is 0.347. The number of hydrogen-bond acceptors (Lipinski definition) is 4. The largest absolute Gasteiger partial charge is 0.355 e. The Morgan fingerprint density at radius 2 is 1.57 bits per heavy atom. The first-order valence-corrected chi connectivity index (χ1v) is 14.0. The van der Waals surface area contributed by atoms with Crippen LogP contribution in [0.25, 0.3) is 0 Å². The van der Waals surface area contributed by atoms with E-state index in [-0.39, 0.29) is 28.1 Å². The standard InChI is InChI=1S/C26H26Cl3N3O4S/c1-3-30-26(34)18(2)31(16-19-9-7-8-12-22(19)28)25(33)17-32(24-14-13-20(27)15-23(24)29)37(35,36)21-10-5-4-6-11-21/h4-15,18H,3,16-17H2,1-2H3,(H,30,34)/t18-/m0/s1. The molecule has 0 spiro atoms. The van der Waals surface area contributed by atoms with E-state index >= 15 is 0 Å². The molecule has 3 rings (SSSR count). The molecule has 196 valence electrons. The number of nitrogens with one attached hydrogen (secondary N) is 1. The van der Waals surface area contributed by atoms with Gasteiger partial charge in [-0.05, 0) is 55.8 Å². The van der Waals surface area contributed by atoms with Crippen molar-refractivity contribution in [1.82, 2.24) is 10.2 Å². The Bertz CT molecular complexity index is 1370. The second-order valence-corrected chi connectivity index (χ2v) is 11.2. The molecule has 1 atom stereocenters. The minimum Gasteiger partial charge on any atom is -0.355 e. The van der Waals surface area contributed by atoms with Gasteiger partial charge < -0.3 is 10.2 Å². The van der Waals surface area contributed by atoms with Gasteiger partial charge in [-0.2, -0.15) is 0 Å². The van der Waals surface area contributed by atoms with Crippen LogP contribution in [0.1, 0.15) is 19.4 Å². The average Bonchev–Trinajstić information content (AvgIpc) is 2.87. The molecule has 0 radical (unpaired) electrons. The molecule has 0 aliphatic rings. The summed E-state index contributed by atoms with van der Waals surface area (Å²) in [6.45, 7) is 3.08. The van der Waals surface area contributed by atoms with E-state index in [1.54, 1.807) is 56.3 Å². The SMILES string of the molecule is CCNC(=O)[C@H](C)N(Cc1ccccc1Cl)C(=O)CN(c1ccc(Cl)cc1Cl)S(=O)(=O)c1ccccc1. The maximum atomic E-state index is 13.8. The zero-order valence-corrected chi connectivity index (χ0v) is 23.3. The van der Waals surface area contributed by atoms with Crippen LogP contribution in [-0.4, -0.2) is 44.3 Å². The van der Waals surface area contributed by atoms with E-state index in [1.807, 2.05) is 0 Å². The Balaban J connectivity index is 2.07. The predicted octanol–water partition coefficient (Wildman–Crippen LogP) is 5.40. The smallest absolute Gasteiger partial charge is 0.264 e. The number of nitrogens with zero attached hydrogens (tertiary/aromatic N) is 2. The van der Waals surface area contributed by atoms with Crippen LogP contribution in [0.4, 0.5) is 5.69 Å². The van der Waals surface area contributed by atoms with Gasteiger partial charge in [0.05, 0.1) is 15.6 Å². The van der Waals surface area contributed by atoms with Crippen molar-refractivity contribution in [1.29, 1.82) is 0 Å². The van der Waals surface area contributed by atoms with Gasteiger partial charge in [0.25, 0.3) is 10.0 Å². The van der Waals surface area contributed by atoms with Crippen molar-refractivity contribution in [2.45, 2.75) is 31.3 Å². The Kier molecular flexibility index (Phi) is 9.84. The van der Waals surface area contributed by atoms with Crippen molar-refractivity contribution in [3.05, 3.63) is 93.4 Å². The number of hydrogen-bond donors (Lipinski definition) is 1. The molecule has 0 heterocycles. The highest BCUT2D eigenvalue weighted by molar-refractivity contribution is 7.92. The van der Waals surface area contributed by atoms with Crippen molar-refractivity contribution < 1.29 is 18.0 Å². The first-order chi connectivity index (χ1) is 17.6. The number of halogens is 3. The summed E-state index contributed by atoms with van der Waals surface area (Å²) < 4.78 is 28.3. The summed E-state index contributed by atoms with van der Waals surface area (Å²) >= 11 is 18.8. The molecule has 1 N–H and O–H groups in total. The van der Waals surface area contributed by atoms with E-state index in [1.165, 1.54) is 35.2 Å². The Morgan fingerprint density at radius 1 is 0.919 bits per heavy atom. The third kappa shape index (κ3) is 6.96. The van der Waals surface area contributed by atoms with Gasteiger partial charge in [-0.3, -0.25) is 13.9 Å². The summed E-state index contributed by atoms with van der Waals surface area (Å²) in [5.74, 6) is -1.01. The zero-order valence-electron chi connectivity index (χ0n) is 20.2. The summed E-state index contributed by atoms with van der Waals surface area (Å²) in [7, 11) is -4.22. The van der Waals surface area contributed by atoms with Crippen LogP contribution < -0.4 is 9.62 Å². The molecule has 2 amide bonds. The van der Waals surface area contributed by atoms with Crippen LogP contribution in [0.3, 0.4) is 0 Å². The van der Waals surface area contributed by atoms with Gasteiger partial charge in [-0.25, -0.2) is 8.42 Å². The van der Waals surface area contributed by atoms with Crippen LogP contribution >= 0.6 is 34.8 Å². The number of sulfonamides is 1. The lowest BCUT2D eigenvalue weighted by molar-refractivity contribution is -0.139. The fourth-order valence-corrected chi connectivity index (χ4v) is 5.84. The molecule has 0 aliphatic heterocycles. The van der Waals surface area contributed by atoms with Crippen LogP contribution in [0, 0.1) is 0 Å². The summed E-state index contributed by atoms with van der Waals surface area (Å²) in [5.41, 5.74) is 0.683. The average molecular weight is 583 g/mol. The number of benzene rings is 3. The Labute approximate surface area is 232 Å². The number of amides is 2. The van der Waals surface area contributed by atoms with Gasteiger partial charge in [0.15, 0.2) is 0 Å². The lowest BCUT2D eigenvalue weighted by Gasteiger charge is -2.32. The van der Waals surface area contributed by atoms with E-state index in [4.69, 9.17) is 34.8 Å². The van der Waals surface area contributed by atoms with E-state index in [0.29, 0.717) is 22.2 Å². The van der Waals surface area contributed by atoms with Crippen LogP contribution in [0.2, 0.25) is 15.1 Å². The number of anilines is 1. The summed E-state index contributed by atoms with van der Waals surface area (Å²) in [6, 6.07) is 18.0. The monoisotopic (exact) mass is 581 g/mol. The van der Waals surface area contributed by atoms with Crippen molar-refractivity contribution in [2.24, 2.45) is 0 Å². The maximum absolute atomic E-state index is 13.8. The number of carbonyl (C=O) groups is 2. The molecule has 0 saturated carbocycles. The van der Waals surface area contributed by atoms with Crippen LogP contribution in [0.15, 0.2) is 77.7 Å². The van der Waals surface area contributed by atoms with E-state index in [0.717, 1.165) is 4.31 Å². The van der Waals surface area contributed by atoms with E-state index in [9.17, 15) is 18.0 Å². The van der Waals surface area contributed by atoms with Crippen molar-refractivity contribution in [3.8, 4) is 0 Å². The molecule has 7 nitrogen and oxygen atoms in total. The number of rotatable bonds is 10. The minimum atomic E-state index is -4.22. The second-order valence-electron chi connectivity index (χ2n) is 8.10. The molecule has 0 bridgehead atoms. The first-order valence-electron chi connectivity index (χ1n) is 11.4. The molecule has 37 heavy (non-hydrogen) atoms. The molecule has 11 heteroatoms. The van der Waals surface area contributed by atoms with Crippen molar-refractivity contribution >= 4 is 62.3 Å². The fraction of sp³-hybridized carbons (Fsp3) is 0.231. The van der Waals surface area contributed by atoms with Crippen molar-refractivity contribution in [2.75, 3.05) is 17.4 Å². The molecular formula is C26H26Cl3N3O4S. The Morgan fingerprint density at radius 3 is 2.19 bits per heavy atom. The predicted molar refractivity (Wildman–Crippen MR) is 148 cm³/mol. The van der Waals surface area contributed by atoms with E-state index < -0.39 is 28.5 Å². The molecule has 0 fully saturated rings. The highest BCUT2D eigenvalue weighted by atomic mass is 35.5. The third-order valence-electron chi connectivity index (χ3n) is 5.61. The first kappa shape index (κ1) is 28.8. The van der Waals surface area contributed by atoms with Crippen molar-refractivity contribution in [3.63, 3.8) is 0 Å². The van der Waals surface area contributed by atoms with Gasteiger partial charge in [0.2, 0.25) is 11.8 Å². The number of carbonyl (C=O) groups excluding carboxylic acids is 2. The van der Waals surface area contributed by atoms with Gasteiger partial charge >= 0.3 is 0 Å². The van der Waals surface area contributed by atoms with Gasteiger partial charge in [0.1, 0.15) is 12.6 Å². The molecule has 0 aromatic heterocycles. The van der Waals surface area contributed by atoms with Crippen LogP contribution in [0.5, 0.6) is 0 Å².